The quantitative estimate of drug-likeness (QED) is 0.404. The van der Waals surface area contributed by atoms with Crippen LogP contribution in [0.3, 0.4) is 0 Å². The largest absolute Gasteiger partial charge is 0.494 e. The van der Waals surface area contributed by atoms with Gasteiger partial charge in [0.1, 0.15) is 23.9 Å². The van der Waals surface area contributed by atoms with Crippen molar-refractivity contribution in [1.82, 2.24) is 5.43 Å². The van der Waals surface area contributed by atoms with Crippen molar-refractivity contribution < 1.29 is 27.1 Å². The van der Waals surface area contributed by atoms with Gasteiger partial charge in [0, 0.05) is 17.5 Å². The molecule has 0 saturated heterocycles. The number of hydrazone groups is 1. The maximum atomic E-state index is 13.7. The van der Waals surface area contributed by atoms with Crippen molar-refractivity contribution in [3.05, 3.63) is 89.2 Å². The van der Waals surface area contributed by atoms with E-state index in [1.807, 2.05) is 31.2 Å². The Morgan fingerprint density at radius 2 is 1.68 bits per heavy atom. The molecule has 3 aromatic rings. The molecule has 0 saturated carbocycles. The lowest BCUT2D eigenvalue weighted by Gasteiger charge is -2.18. The van der Waals surface area contributed by atoms with Gasteiger partial charge in [0.2, 0.25) is 0 Å². The summed E-state index contributed by atoms with van der Waals surface area (Å²) in [7, 11) is -3.50. The highest BCUT2D eigenvalue weighted by Crippen LogP contribution is 2.26. The fourth-order valence-electron chi connectivity index (χ4n) is 3.49. The first-order valence-electron chi connectivity index (χ1n) is 10.7. The van der Waals surface area contributed by atoms with Gasteiger partial charge < -0.3 is 9.47 Å². The minimum absolute atomic E-state index is 0.0185. The highest BCUT2D eigenvalue weighted by molar-refractivity contribution is 7.91. The van der Waals surface area contributed by atoms with Gasteiger partial charge in [-0.15, -0.1) is 0 Å². The molecule has 1 aliphatic rings. The summed E-state index contributed by atoms with van der Waals surface area (Å²) in [6.45, 7) is 2.85. The van der Waals surface area contributed by atoms with Crippen LogP contribution in [0.2, 0.25) is 0 Å². The van der Waals surface area contributed by atoms with E-state index in [2.05, 4.69) is 10.5 Å². The summed E-state index contributed by atoms with van der Waals surface area (Å²) in [4.78, 5) is 12.5. The van der Waals surface area contributed by atoms with E-state index in [-0.39, 0.29) is 22.6 Å². The molecule has 0 bridgehead atoms. The number of amides is 1. The van der Waals surface area contributed by atoms with Crippen molar-refractivity contribution in [2.24, 2.45) is 5.10 Å². The Morgan fingerprint density at radius 1 is 1.00 bits per heavy atom. The van der Waals surface area contributed by atoms with Gasteiger partial charge in [-0.1, -0.05) is 12.1 Å². The van der Waals surface area contributed by atoms with Gasteiger partial charge in [0.15, 0.2) is 9.84 Å². The van der Waals surface area contributed by atoms with Crippen LogP contribution in [0.15, 0.2) is 76.7 Å². The summed E-state index contributed by atoms with van der Waals surface area (Å²) in [5.41, 5.74) is 4.18. The Kier molecular flexibility index (Phi) is 6.93. The van der Waals surface area contributed by atoms with E-state index in [9.17, 15) is 17.6 Å². The third-order valence-corrected chi connectivity index (χ3v) is 7.01. The van der Waals surface area contributed by atoms with E-state index in [4.69, 9.17) is 9.47 Å². The fraction of sp³-hybridized carbons (Fsp3) is 0.200. The van der Waals surface area contributed by atoms with E-state index in [1.165, 1.54) is 6.07 Å². The van der Waals surface area contributed by atoms with Crippen molar-refractivity contribution >= 4 is 21.5 Å². The topological polar surface area (TPSA) is 94.1 Å². The number of carbonyl (C=O) groups excluding carboxylic acids is 1. The second kappa shape index (κ2) is 10.0. The lowest BCUT2D eigenvalue weighted by atomic mass is 10.1. The molecule has 1 amide bonds. The molecule has 0 atom stereocenters. The molecule has 0 fully saturated rings. The molecule has 0 unspecified atom stereocenters. The average molecular weight is 483 g/mol. The lowest BCUT2D eigenvalue weighted by Crippen LogP contribution is -2.26. The molecular weight excluding hydrogens is 459 g/mol. The zero-order valence-corrected chi connectivity index (χ0v) is 19.3. The number of benzene rings is 3. The first-order chi connectivity index (χ1) is 16.4. The Balaban J connectivity index is 1.39. The number of ether oxygens (including phenoxy) is 2. The summed E-state index contributed by atoms with van der Waals surface area (Å²) in [5, 5.41) is 4.08. The van der Waals surface area contributed by atoms with Crippen molar-refractivity contribution in [2.75, 3.05) is 12.4 Å². The van der Waals surface area contributed by atoms with Gasteiger partial charge in [0.25, 0.3) is 5.91 Å². The smallest absolute Gasteiger partial charge is 0.271 e. The minimum atomic E-state index is -3.50. The molecule has 1 aliphatic heterocycles. The Labute approximate surface area is 197 Å². The molecule has 1 N–H and O–H groups in total. The predicted octanol–water partition coefficient (Wildman–Crippen LogP) is 4.11. The molecule has 0 aromatic heterocycles. The number of rotatable bonds is 7. The van der Waals surface area contributed by atoms with E-state index in [0.29, 0.717) is 30.2 Å². The van der Waals surface area contributed by atoms with Gasteiger partial charge in [-0.3, -0.25) is 4.79 Å². The van der Waals surface area contributed by atoms with Crippen LogP contribution in [-0.4, -0.2) is 32.4 Å². The third kappa shape index (κ3) is 5.43. The van der Waals surface area contributed by atoms with Crippen LogP contribution in [0, 0.1) is 5.82 Å². The molecule has 7 nitrogen and oxygen atoms in total. The Morgan fingerprint density at radius 3 is 2.35 bits per heavy atom. The Bertz CT molecular complexity index is 1320. The van der Waals surface area contributed by atoms with Crippen LogP contribution in [0.1, 0.15) is 34.8 Å². The number of hydrogen-bond donors (Lipinski definition) is 1. The van der Waals surface area contributed by atoms with Crippen LogP contribution in [0.25, 0.3) is 0 Å². The minimum Gasteiger partial charge on any atom is -0.494 e. The molecule has 1 heterocycles. The second-order valence-corrected chi connectivity index (χ2v) is 9.68. The summed E-state index contributed by atoms with van der Waals surface area (Å²) < 4.78 is 49.3. The second-order valence-electron chi connectivity index (χ2n) is 7.60. The fourth-order valence-corrected chi connectivity index (χ4v) is 4.96. The Hall–Kier alpha value is -3.72. The molecule has 0 radical (unpaired) electrons. The summed E-state index contributed by atoms with van der Waals surface area (Å²) in [5.74, 6) is 0.295. The van der Waals surface area contributed by atoms with E-state index in [1.54, 1.807) is 24.3 Å². The number of fused-ring (bicyclic) bond motifs is 1. The monoisotopic (exact) mass is 482 g/mol. The van der Waals surface area contributed by atoms with Crippen molar-refractivity contribution in [3.8, 4) is 11.5 Å². The van der Waals surface area contributed by atoms with Gasteiger partial charge in [-0.25, -0.2) is 18.2 Å². The van der Waals surface area contributed by atoms with Crippen LogP contribution in [-0.2, 0) is 16.4 Å². The van der Waals surface area contributed by atoms with Crippen molar-refractivity contribution in [3.63, 3.8) is 0 Å². The normalized spacial score (nSPS) is 15.4. The molecule has 0 aliphatic carbocycles. The first kappa shape index (κ1) is 23.4. The highest BCUT2D eigenvalue weighted by Gasteiger charge is 2.28. The van der Waals surface area contributed by atoms with E-state index < -0.39 is 21.6 Å². The molecule has 4 rings (SSSR count). The first-order valence-corrected chi connectivity index (χ1v) is 12.3. The zero-order chi connectivity index (χ0) is 24.1. The molecule has 3 aromatic carbocycles. The molecule has 0 spiro atoms. The molecule has 176 valence electrons. The van der Waals surface area contributed by atoms with Crippen LogP contribution < -0.4 is 14.9 Å². The lowest BCUT2D eigenvalue weighted by molar-refractivity contribution is 0.0954. The van der Waals surface area contributed by atoms with Gasteiger partial charge >= 0.3 is 0 Å². The molecule has 34 heavy (non-hydrogen) atoms. The van der Waals surface area contributed by atoms with Gasteiger partial charge in [-0.05, 0) is 67.1 Å². The predicted molar refractivity (Wildman–Crippen MR) is 125 cm³/mol. The summed E-state index contributed by atoms with van der Waals surface area (Å²) >= 11 is 0. The number of hydrogen-bond acceptors (Lipinski definition) is 6. The SMILES string of the molecule is CCOc1ccc(OCc2ccc(C(=O)N/N=C3\CCS(=O)(=O)c4ccc(F)cc43)cc2)cc1. The van der Waals surface area contributed by atoms with Gasteiger partial charge in [0.05, 0.1) is 23.0 Å². The third-order valence-electron chi connectivity index (χ3n) is 5.24. The van der Waals surface area contributed by atoms with Crippen LogP contribution in [0.5, 0.6) is 11.5 Å². The number of sulfone groups is 1. The number of halogens is 1. The maximum absolute atomic E-state index is 13.7. The average Bonchev–Trinajstić information content (AvgIpc) is 2.83. The van der Waals surface area contributed by atoms with Crippen LogP contribution in [0.4, 0.5) is 4.39 Å². The van der Waals surface area contributed by atoms with Crippen LogP contribution >= 0.6 is 0 Å². The molecular formula is C25H23FN2O5S. The van der Waals surface area contributed by atoms with Gasteiger partial charge in [-0.2, -0.15) is 5.10 Å². The maximum Gasteiger partial charge on any atom is 0.271 e. The number of carbonyl (C=O) groups is 1. The number of nitrogens with one attached hydrogen (secondary N) is 1. The summed E-state index contributed by atoms with van der Waals surface area (Å²) in [6.07, 6.45) is 0.0842. The van der Waals surface area contributed by atoms with E-state index in [0.717, 1.165) is 23.4 Å². The number of nitrogens with zero attached hydrogens (tertiary/aromatic N) is 1. The highest BCUT2D eigenvalue weighted by atomic mass is 32.2. The standard InChI is InChI=1S/C25H23FN2O5S/c1-2-32-20-8-10-21(11-9-20)33-16-17-3-5-18(6-4-17)25(29)28-27-23-13-14-34(30,31)24-12-7-19(26)15-22(23)24/h3-12,15H,2,13-14,16H2,1H3,(H,28,29)/b27-23+. The van der Waals surface area contributed by atoms with Crippen molar-refractivity contribution in [2.45, 2.75) is 24.8 Å². The van der Waals surface area contributed by atoms with Crippen molar-refractivity contribution in [1.29, 1.82) is 0 Å². The summed E-state index contributed by atoms with van der Waals surface area (Å²) in [6, 6.07) is 17.6. The zero-order valence-electron chi connectivity index (χ0n) is 18.5. The molecule has 9 heteroatoms. The van der Waals surface area contributed by atoms with E-state index >= 15 is 0 Å².